The lowest BCUT2D eigenvalue weighted by atomic mass is 10.1. The molecule has 0 atom stereocenters. The van der Waals surface area contributed by atoms with Gasteiger partial charge in [-0.15, -0.1) is 0 Å². The summed E-state index contributed by atoms with van der Waals surface area (Å²) in [6, 6.07) is 11.1. The molecule has 21 heavy (non-hydrogen) atoms. The van der Waals surface area contributed by atoms with Crippen molar-refractivity contribution in [2.45, 2.75) is 6.92 Å². The quantitative estimate of drug-likeness (QED) is 0.801. The fraction of sp³-hybridized carbons (Fsp3) is 0.133. The number of nitrogens with zero attached hydrogens (tertiary/aromatic N) is 3. The van der Waals surface area contributed by atoms with E-state index in [0.717, 1.165) is 11.1 Å². The van der Waals surface area contributed by atoms with Gasteiger partial charge in [-0.25, -0.2) is 0 Å². The lowest BCUT2D eigenvalue weighted by molar-refractivity contribution is 0.101. The van der Waals surface area contributed by atoms with Crippen LogP contribution in [0.1, 0.15) is 16.1 Å². The zero-order valence-electron chi connectivity index (χ0n) is 11.7. The van der Waals surface area contributed by atoms with E-state index in [2.05, 4.69) is 15.6 Å². The molecule has 1 N–H and O–H groups in total. The molecule has 0 aliphatic heterocycles. The topological polar surface area (TPSA) is 73.0 Å². The van der Waals surface area contributed by atoms with E-state index in [1.54, 1.807) is 30.1 Å². The van der Waals surface area contributed by atoms with Crippen molar-refractivity contribution >= 4 is 11.7 Å². The molecule has 106 valence electrons. The van der Waals surface area contributed by atoms with E-state index in [-0.39, 0.29) is 11.6 Å². The van der Waals surface area contributed by atoms with Crippen molar-refractivity contribution in [1.29, 1.82) is 0 Å². The number of carbonyl (C=O) groups excluding carboxylic acids is 1. The average molecular weight is 282 g/mol. The summed E-state index contributed by atoms with van der Waals surface area (Å²) < 4.78 is 6.83. The summed E-state index contributed by atoms with van der Waals surface area (Å²) in [7, 11) is 1.78. The highest BCUT2D eigenvalue weighted by Crippen LogP contribution is 2.21. The molecular weight excluding hydrogens is 268 g/mol. The van der Waals surface area contributed by atoms with Crippen LogP contribution < -0.4 is 5.32 Å². The van der Waals surface area contributed by atoms with Crippen molar-refractivity contribution in [3.8, 4) is 11.3 Å². The second kappa shape index (κ2) is 5.24. The molecule has 6 nitrogen and oxygen atoms in total. The van der Waals surface area contributed by atoms with Gasteiger partial charge in [-0.3, -0.25) is 9.48 Å². The van der Waals surface area contributed by atoms with Crippen molar-refractivity contribution in [3.05, 3.63) is 53.9 Å². The predicted octanol–water partition coefficient (Wildman–Crippen LogP) is 2.64. The van der Waals surface area contributed by atoms with E-state index in [0.29, 0.717) is 11.6 Å². The maximum Gasteiger partial charge on any atom is 0.279 e. The maximum atomic E-state index is 12.0. The number of aromatic nitrogens is 3. The molecule has 2 aromatic heterocycles. The van der Waals surface area contributed by atoms with E-state index in [4.69, 9.17) is 4.52 Å². The number of anilines is 1. The van der Waals surface area contributed by atoms with Crippen LogP contribution >= 0.6 is 0 Å². The van der Waals surface area contributed by atoms with Crippen LogP contribution in [-0.4, -0.2) is 20.8 Å². The standard InChI is InChI=1S/C15H14N4O2/c1-10-3-5-11(6-4-10)13-9-12(18-21-13)15(20)16-14-7-8-19(2)17-14/h3-9H,1-2H3,(H,16,17,20). The van der Waals surface area contributed by atoms with Gasteiger partial charge in [0.2, 0.25) is 0 Å². The Morgan fingerprint density at radius 3 is 2.67 bits per heavy atom. The van der Waals surface area contributed by atoms with Gasteiger partial charge < -0.3 is 9.84 Å². The van der Waals surface area contributed by atoms with Gasteiger partial charge >= 0.3 is 0 Å². The second-order valence-corrected chi connectivity index (χ2v) is 4.77. The first-order valence-electron chi connectivity index (χ1n) is 6.46. The van der Waals surface area contributed by atoms with Gasteiger partial charge in [0.25, 0.3) is 5.91 Å². The Morgan fingerprint density at radius 2 is 2.00 bits per heavy atom. The van der Waals surface area contributed by atoms with Crippen LogP contribution in [0.5, 0.6) is 0 Å². The third kappa shape index (κ3) is 2.84. The number of aryl methyl sites for hydroxylation is 2. The van der Waals surface area contributed by atoms with Gasteiger partial charge in [0.05, 0.1) is 0 Å². The fourth-order valence-electron chi connectivity index (χ4n) is 1.90. The number of amides is 1. The Morgan fingerprint density at radius 1 is 1.24 bits per heavy atom. The minimum atomic E-state index is -0.351. The minimum absolute atomic E-state index is 0.219. The SMILES string of the molecule is Cc1ccc(-c2cc(C(=O)Nc3ccn(C)n3)no2)cc1. The van der Waals surface area contributed by atoms with Gasteiger partial charge in [-0.2, -0.15) is 5.10 Å². The van der Waals surface area contributed by atoms with E-state index >= 15 is 0 Å². The molecule has 0 bridgehead atoms. The van der Waals surface area contributed by atoms with E-state index < -0.39 is 0 Å². The van der Waals surface area contributed by atoms with E-state index in [1.807, 2.05) is 31.2 Å². The molecule has 0 saturated carbocycles. The molecule has 6 heteroatoms. The Labute approximate surface area is 121 Å². The summed E-state index contributed by atoms with van der Waals surface area (Å²) in [5, 5.41) is 10.5. The van der Waals surface area contributed by atoms with Gasteiger partial charge in [0.1, 0.15) is 0 Å². The zero-order chi connectivity index (χ0) is 14.8. The van der Waals surface area contributed by atoms with Crippen LogP contribution in [0.25, 0.3) is 11.3 Å². The first-order chi connectivity index (χ1) is 10.1. The fourth-order valence-corrected chi connectivity index (χ4v) is 1.90. The molecule has 1 aromatic carbocycles. The Balaban J connectivity index is 1.78. The molecule has 3 rings (SSSR count). The number of benzene rings is 1. The van der Waals surface area contributed by atoms with Crippen molar-refractivity contribution in [1.82, 2.24) is 14.9 Å². The van der Waals surface area contributed by atoms with Crippen molar-refractivity contribution in [2.75, 3.05) is 5.32 Å². The van der Waals surface area contributed by atoms with E-state index in [9.17, 15) is 4.79 Å². The summed E-state index contributed by atoms with van der Waals surface area (Å²) in [6.07, 6.45) is 1.75. The Kier molecular flexibility index (Phi) is 3.27. The van der Waals surface area contributed by atoms with Crippen LogP contribution in [0.15, 0.2) is 47.1 Å². The first kappa shape index (κ1) is 13.1. The molecule has 1 amide bonds. The molecule has 0 saturated heterocycles. The second-order valence-electron chi connectivity index (χ2n) is 4.77. The van der Waals surface area contributed by atoms with Crippen molar-refractivity contribution in [2.24, 2.45) is 7.05 Å². The van der Waals surface area contributed by atoms with Crippen LogP contribution in [0.4, 0.5) is 5.82 Å². The molecule has 2 heterocycles. The number of hydrogen-bond donors (Lipinski definition) is 1. The lowest BCUT2D eigenvalue weighted by Gasteiger charge is -1.96. The van der Waals surface area contributed by atoms with Gasteiger partial charge in [0.15, 0.2) is 17.3 Å². The third-order valence-corrected chi connectivity index (χ3v) is 3.03. The minimum Gasteiger partial charge on any atom is -0.355 e. The highest BCUT2D eigenvalue weighted by molar-refractivity contribution is 6.02. The van der Waals surface area contributed by atoms with Gasteiger partial charge in [0, 0.05) is 30.9 Å². The summed E-state index contributed by atoms with van der Waals surface area (Å²) in [6.45, 7) is 2.01. The normalized spacial score (nSPS) is 10.6. The number of carbonyl (C=O) groups is 1. The van der Waals surface area contributed by atoms with Gasteiger partial charge in [-0.1, -0.05) is 35.0 Å². The maximum absolute atomic E-state index is 12.0. The lowest BCUT2D eigenvalue weighted by Crippen LogP contribution is -2.12. The summed E-state index contributed by atoms with van der Waals surface area (Å²) in [5.41, 5.74) is 2.26. The number of rotatable bonds is 3. The molecule has 0 radical (unpaired) electrons. The van der Waals surface area contributed by atoms with Crippen LogP contribution in [0.3, 0.4) is 0 Å². The highest BCUT2D eigenvalue weighted by Gasteiger charge is 2.14. The average Bonchev–Trinajstić information content (AvgIpc) is 3.09. The molecule has 0 aliphatic rings. The largest absolute Gasteiger partial charge is 0.355 e. The molecule has 0 spiro atoms. The Bertz CT molecular complexity index is 771. The van der Waals surface area contributed by atoms with Crippen LogP contribution in [-0.2, 0) is 7.05 Å². The summed E-state index contributed by atoms with van der Waals surface area (Å²) in [5.74, 6) is 0.680. The van der Waals surface area contributed by atoms with E-state index in [1.165, 1.54) is 0 Å². The first-order valence-corrected chi connectivity index (χ1v) is 6.46. The summed E-state index contributed by atoms with van der Waals surface area (Å²) >= 11 is 0. The predicted molar refractivity (Wildman–Crippen MR) is 77.8 cm³/mol. The van der Waals surface area contributed by atoms with Crippen molar-refractivity contribution < 1.29 is 9.32 Å². The smallest absolute Gasteiger partial charge is 0.279 e. The molecule has 0 fully saturated rings. The monoisotopic (exact) mass is 282 g/mol. The molecule has 3 aromatic rings. The molecule has 0 unspecified atom stereocenters. The third-order valence-electron chi connectivity index (χ3n) is 3.03. The van der Waals surface area contributed by atoms with Crippen molar-refractivity contribution in [3.63, 3.8) is 0 Å². The zero-order valence-corrected chi connectivity index (χ0v) is 11.7. The molecule has 0 aliphatic carbocycles. The number of nitrogens with one attached hydrogen (secondary N) is 1. The highest BCUT2D eigenvalue weighted by atomic mass is 16.5. The van der Waals surface area contributed by atoms with Crippen LogP contribution in [0, 0.1) is 6.92 Å². The Hall–Kier alpha value is -2.89. The van der Waals surface area contributed by atoms with Gasteiger partial charge in [-0.05, 0) is 6.92 Å². The summed E-state index contributed by atoms with van der Waals surface area (Å²) in [4.78, 5) is 12.0. The number of hydrogen-bond acceptors (Lipinski definition) is 4. The molecular formula is C15H14N4O2. The van der Waals surface area contributed by atoms with Crippen LogP contribution in [0.2, 0.25) is 0 Å².